The second-order valence-corrected chi connectivity index (χ2v) is 5.12. The summed E-state index contributed by atoms with van der Waals surface area (Å²) in [6.45, 7) is 4.82. The molecule has 2 aromatic heterocycles. The van der Waals surface area contributed by atoms with Gasteiger partial charge in [0, 0.05) is 6.20 Å². The van der Waals surface area contributed by atoms with E-state index in [0.717, 1.165) is 31.0 Å². The monoisotopic (exact) mass is 259 g/mol. The summed E-state index contributed by atoms with van der Waals surface area (Å²) in [5.74, 6) is -0.148. The molecule has 0 amide bonds. The first-order valence-electron chi connectivity index (χ1n) is 6.58. The molecule has 0 aliphatic carbocycles. The van der Waals surface area contributed by atoms with Crippen LogP contribution in [0.2, 0.25) is 0 Å². The Morgan fingerprint density at radius 3 is 2.84 bits per heavy atom. The van der Waals surface area contributed by atoms with Crippen LogP contribution in [0.25, 0.3) is 5.52 Å². The molecule has 1 fully saturated rings. The van der Waals surface area contributed by atoms with E-state index in [1.807, 2.05) is 29.7 Å². The van der Waals surface area contributed by atoms with E-state index in [2.05, 4.69) is 9.88 Å². The lowest BCUT2D eigenvalue weighted by Gasteiger charge is -2.13. The maximum absolute atomic E-state index is 11.3. The Kier molecular flexibility index (Phi) is 2.98. The van der Waals surface area contributed by atoms with Crippen molar-refractivity contribution in [3.63, 3.8) is 0 Å². The van der Waals surface area contributed by atoms with E-state index in [1.165, 1.54) is 12.8 Å². The number of likely N-dealkylation sites (tertiary alicyclic amines) is 1. The van der Waals surface area contributed by atoms with Gasteiger partial charge in [-0.15, -0.1) is 0 Å². The third-order valence-electron chi connectivity index (χ3n) is 3.64. The number of nitrogens with zero attached hydrogens (tertiary/aromatic N) is 3. The van der Waals surface area contributed by atoms with Crippen LogP contribution >= 0.6 is 0 Å². The molecule has 0 bridgehead atoms. The first kappa shape index (κ1) is 12.2. The van der Waals surface area contributed by atoms with E-state index in [0.29, 0.717) is 5.52 Å². The molecule has 0 saturated carbocycles. The highest BCUT2D eigenvalue weighted by atomic mass is 16.4. The Labute approximate surface area is 111 Å². The fourth-order valence-corrected chi connectivity index (χ4v) is 2.66. The first-order valence-corrected chi connectivity index (χ1v) is 6.58. The lowest BCUT2D eigenvalue weighted by atomic mass is 10.2. The number of hydrogen-bond acceptors (Lipinski definition) is 3. The molecule has 3 heterocycles. The van der Waals surface area contributed by atoms with E-state index in [-0.39, 0.29) is 5.69 Å². The number of hydrogen-bond donors (Lipinski definition) is 1. The Hall–Kier alpha value is -1.88. The number of carboxylic acids is 1. The predicted molar refractivity (Wildman–Crippen MR) is 71.4 cm³/mol. The number of fused-ring (bicyclic) bond motifs is 1. The van der Waals surface area contributed by atoms with Gasteiger partial charge in [0.2, 0.25) is 0 Å². The molecule has 0 spiro atoms. The molecule has 0 unspecified atom stereocenters. The van der Waals surface area contributed by atoms with Crippen molar-refractivity contribution < 1.29 is 9.90 Å². The molecule has 1 saturated heterocycles. The minimum absolute atomic E-state index is 0.151. The fraction of sp³-hybridized carbons (Fsp3) is 0.429. The van der Waals surface area contributed by atoms with Crippen molar-refractivity contribution in [1.29, 1.82) is 0 Å². The molecule has 1 aliphatic heterocycles. The van der Waals surface area contributed by atoms with Crippen molar-refractivity contribution in [2.24, 2.45) is 0 Å². The van der Waals surface area contributed by atoms with Gasteiger partial charge in [0.25, 0.3) is 0 Å². The summed E-state index contributed by atoms with van der Waals surface area (Å²) in [6, 6.07) is 3.86. The summed E-state index contributed by atoms with van der Waals surface area (Å²) >= 11 is 0. The van der Waals surface area contributed by atoms with Gasteiger partial charge >= 0.3 is 5.97 Å². The second kappa shape index (κ2) is 4.66. The van der Waals surface area contributed by atoms with Crippen molar-refractivity contribution in [1.82, 2.24) is 14.3 Å². The van der Waals surface area contributed by atoms with Gasteiger partial charge in [-0.2, -0.15) is 0 Å². The number of rotatable bonds is 3. The topological polar surface area (TPSA) is 57.8 Å². The smallest absolute Gasteiger partial charge is 0.356 e. The number of pyridine rings is 1. The maximum atomic E-state index is 11.3. The van der Waals surface area contributed by atoms with Crippen LogP contribution in [0.15, 0.2) is 18.3 Å². The zero-order chi connectivity index (χ0) is 13.4. The number of carboxylic acid groups (broad SMARTS) is 1. The van der Waals surface area contributed by atoms with Crippen molar-refractivity contribution in [3.05, 3.63) is 35.4 Å². The van der Waals surface area contributed by atoms with Crippen LogP contribution in [-0.4, -0.2) is 38.4 Å². The van der Waals surface area contributed by atoms with Crippen molar-refractivity contribution in [2.45, 2.75) is 26.3 Å². The van der Waals surface area contributed by atoms with Crippen molar-refractivity contribution in [2.75, 3.05) is 13.1 Å². The Bertz CT molecular complexity index is 627. The summed E-state index contributed by atoms with van der Waals surface area (Å²) in [5, 5.41) is 9.26. The maximum Gasteiger partial charge on any atom is 0.356 e. The van der Waals surface area contributed by atoms with Crippen LogP contribution in [0.3, 0.4) is 0 Å². The molecular formula is C14H17N3O2. The number of aromatic nitrogens is 2. The molecule has 0 radical (unpaired) electrons. The fourth-order valence-electron chi connectivity index (χ4n) is 2.66. The van der Waals surface area contributed by atoms with Gasteiger partial charge in [0.15, 0.2) is 5.69 Å². The summed E-state index contributed by atoms with van der Waals surface area (Å²) in [4.78, 5) is 17.9. The van der Waals surface area contributed by atoms with Crippen LogP contribution in [0.1, 0.15) is 34.7 Å². The minimum Gasteiger partial charge on any atom is -0.476 e. The summed E-state index contributed by atoms with van der Waals surface area (Å²) < 4.78 is 1.90. The van der Waals surface area contributed by atoms with Crippen LogP contribution in [0, 0.1) is 6.92 Å². The van der Waals surface area contributed by atoms with E-state index in [1.54, 1.807) is 0 Å². The first-order chi connectivity index (χ1) is 9.15. The summed E-state index contributed by atoms with van der Waals surface area (Å²) in [7, 11) is 0. The van der Waals surface area contributed by atoms with Gasteiger partial charge in [0.05, 0.1) is 12.1 Å². The van der Waals surface area contributed by atoms with Gasteiger partial charge in [-0.05, 0) is 50.6 Å². The SMILES string of the molecule is Cc1ccn2c(CN3CCCC3)nc(C(=O)O)c2c1. The van der Waals surface area contributed by atoms with E-state index >= 15 is 0 Å². The van der Waals surface area contributed by atoms with Crippen molar-refractivity contribution >= 4 is 11.5 Å². The molecular weight excluding hydrogens is 242 g/mol. The average Bonchev–Trinajstić information content (AvgIpc) is 2.97. The third-order valence-corrected chi connectivity index (χ3v) is 3.64. The standard InChI is InChI=1S/C14H17N3O2/c1-10-4-7-17-11(8-10)13(14(18)19)15-12(17)9-16-5-2-3-6-16/h4,7-8H,2-3,5-6,9H2,1H3,(H,18,19). The zero-order valence-electron chi connectivity index (χ0n) is 11.0. The molecule has 3 rings (SSSR count). The third kappa shape index (κ3) is 2.21. The number of aromatic carboxylic acids is 1. The second-order valence-electron chi connectivity index (χ2n) is 5.12. The Morgan fingerprint density at radius 1 is 1.42 bits per heavy atom. The predicted octanol–water partition coefficient (Wildman–Crippen LogP) is 1.94. The van der Waals surface area contributed by atoms with E-state index in [9.17, 15) is 9.90 Å². The summed E-state index contributed by atoms with van der Waals surface area (Å²) in [6.07, 6.45) is 4.35. The molecule has 2 aromatic rings. The normalized spacial score (nSPS) is 16.3. The minimum atomic E-state index is -0.962. The van der Waals surface area contributed by atoms with Gasteiger partial charge in [0.1, 0.15) is 5.82 Å². The van der Waals surface area contributed by atoms with Gasteiger partial charge < -0.3 is 9.51 Å². The van der Waals surface area contributed by atoms with Gasteiger partial charge in [-0.3, -0.25) is 4.90 Å². The highest BCUT2D eigenvalue weighted by Gasteiger charge is 2.19. The van der Waals surface area contributed by atoms with Gasteiger partial charge in [-0.25, -0.2) is 9.78 Å². The Balaban J connectivity index is 2.06. The van der Waals surface area contributed by atoms with Crippen molar-refractivity contribution in [3.8, 4) is 0 Å². The molecule has 5 heteroatoms. The number of carbonyl (C=O) groups is 1. The molecule has 0 aromatic carbocycles. The summed E-state index contributed by atoms with van der Waals surface area (Å²) in [5.41, 5.74) is 1.88. The molecule has 19 heavy (non-hydrogen) atoms. The number of aryl methyl sites for hydroxylation is 1. The molecule has 1 aliphatic rings. The Morgan fingerprint density at radius 2 is 2.16 bits per heavy atom. The van der Waals surface area contributed by atoms with E-state index < -0.39 is 5.97 Å². The van der Waals surface area contributed by atoms with Gasteiger partial charge in [-0.1, -0.05) is 0 Å². The average molecular weight is 259 g/mol. The highest BCUT2D eigenvalue weighted by molar-refractivity contribution is 5.93. The highest BCUT2D eigenvalue weighted by Crippen LogP contribution is 2.18. The van der Waals surface area contributed by atoms with Crippen LogP contribution in [0.4, 0.5) is 0 Å². The largest absolute Gasteiger partial charge is 0.476 e. The molecule has 0 atom stereocenters. The molecule has 1 N–H and O–H groups in total. The van der Waals surface area contributed by atoms with Crippen LogP contribution in [-0.2, 0) is 6.54 Å². The van der Waals surface area contributed by atoms with Crippen LogP contribution in [0.5, 0.6) is 0 Å². The molecule has 5 nitrogen and oxygen atoms in total. The zero-order valence-corrected chi connectivity index (χ0v) is 11.0. The lowest BCUT2D eigenvalue weighted by Crippen LogP contribution is -2.20. The van der Waals surface area contributed by atoms with Crippen LogP contribution < -0.4 is 0 Å². The molecule has 100 valence electrons. The quantitative estimate of drug-likeness (QED) is 0.915. The lowest BCUT2D eigenvalue weighted by molar-refractivity contribution is 0.0693. The van der Waals surface area contributed by atoms with E-state index in [4.69, 9.17) is 0 Å². The number of imidazole rings is 1.